The molecule has 2 heterocycles. The van der Waals surface area contributed by atoms with E-state index in [2.05, 4.69) is 25.9 Å². The lowest BCUT2D eigenvalue weighted by Crippen LogP contribution is -2.19. The van der Waals surface area contributed by atoms with Crippen LogP contribution in [0.25, 0.3) is 21.5 Å². The Balaban J connectivity index is 0.000000198. The quantitative estimate of drug-likeness (QED) is 0.0815. The van der Waals surface area contributed by atoms with Gasteiger partial charge in [-0.2, -0.15) is 0 Å². The molecule has 10 nitrogen and oxygen atoms in total. The van der Waals surface area contributed by atoms with E-state index in [1.165, 1.54) is 38.5 Å². The lowest BCUT2D eigenvalue weighted by molar-refractivity contribution is 0.0480. The van der Waals surface area contributed by atoms with E-state index >= 15 is 0 Å². The predicted molar refractivity (Wildman–Crippen MR) is 200 cm³/mol. The van der Waals surface area contributed by atoms with E-state index in [-0.39, 0.29) is 35.1 Å². The van der Waals surface area contributed by atoms with Gasteiger partial charge in [0.05, 0.1) is 25.4 Å². The number of esters is 2. The molecule has 274 valence electrons. The van der Waals surface area contributed by atoms with Crippen LogP contribution in [0.3, 0.4) is 0 Å². The summed E-state index contributed by atoms with van der Waals surface area (Å²) in [5.74, 6) is -0.107. The van der Waals surface area contributed by atoms with E-state index in [9.17, 15) is 19.8 Å². The van der Waals surface area contributed by atoms with Crippen LogP contribution in [-0.4, -0.2) is 57.5 Å². The van der Waals surface area contributed by atoms with Crippen molar-refractivity contribution >= 4 is 49.4 Å². The summed E-state index contributed by atoms with van der Waals surface area (Å²) < 4.78 is 23.0. The summed E-state index contributed by atoms with van der Waals surface area (Å²) in [7, 11) is 0. The van der Waals surface area contributed by atoms with E-state index in [1.54, 1.807) is 18.3 Å². The molecule has 11 heteroatoms. The Bertz CT molecular complexity index is 1790. The molecule has 0 spiro atoms. The highest BCUT2D eigenvalue weighted by Gasteiger charge is 2.22. The minimum atomic E-state index is -0.614. The van der Waals surface area contributed by atoms with Crippen molar-refractivity contribution in [2.24, 2.45) is 0 Å². The molecule has 0 atom stereocenters. The van der Waals surface area contributed by atoms with Gasteiger partial charge in [0.15, 0.2) is 22.9 Å². The molecular formula is C40H49BrN2O8. The maximum absolute atomic E-state index is 12.2. The molecule has 2 aromatic carbocycles. The van der Waals surface area contributed by atoms with Crippen molar-refractivity contribution in [3.8, 4) is 23.0 Å². The highest BCUT2D eigenvalue weighted by atomic mass is 79.9. The Labute approximate surface area is 308 Å². The number of unbranched alkanes of at least 4 members (excludes halogenated alkanes) is 2. The summed E-state index contributed by atoms with van der Waals surface area (Å²) in [6.07, 6.45) is 17.0. The topological polar surface area (TPSA) is 137 Å². The summed E-state index contributed by atoms with van der Waals surface area (Å²) in [5, 5.41) is 23.7. The smallest absolute Gasteiger partial charge is 0.360 e. The van der Waals surface area contributed by atoms with Gasteiger partial charge < -0.3 is 29.2 Å². The SMILES string of the molecule is CCCCOC(=O)c1nc(Br)c2ccc(OC3CCCCC3)cc2c1O.CCCCOC(=O)c1ncc2ccc(OC3CCCCC3)cc2c1O. The zero-order chi connectivity index (χ0) is 36.2. The van der Waals surface area contributed by atoms with Crippen molar-refractivity contribution in [2.75, 3.05) is 13.2 Å². The molecule has 0 radical (unpaired) electrons. The van der Waals surface area contributed by atoms with Crippen molar-refractivity contribution < 1.29 is 38.7 Å². The Morgan fingerprint density at radius 2 is 1.22 bits per heavy atom. The minimum Gasteiger partial charge on any atom is -0.505 e. The summed E-state index contributed by atoms with van der Waals surface area (Å²) in [6, 6.07) is 11.0. The number of pyridine rings is 2. The van der Waals surface area contributed by atoms with Crippen LogP contribution in [0.15, 0.2) is 47.2 Å². The van der Waals surface area contributed by atoms with Gasteiger partial charge in [-0.3, -0.25) is 0 Å². The molecule has 2 saturated carbocycles. The number of aromatic hydroxyl groups is 2. The Kier molecular flexibility index (Phi) is 14.1. The number of carbonyl (C=O) groups excluding carboxylic acids is 2. The number of aromatic nitrogens is 2. The van der Waals surface area contributed by atoms with Crippen LogP contribution in [0.4, 0.5) is 0 Å². The maximum Gasteiger partial charge on any atom is 0.360 e. The Morgan fingerprint density at radius 3 is 1.78 bits per heavy atom. The standard InChI is InChI=1S/C20H24BrNO4.C20H25NO4/c1-2-3-11-25-20(24)17-18(23)16-12-14(9-10-15(16)19(21)22-17)26-13-7-5-4-6-8-13;1-2-3-11-24-20(23)18-19(22)17-12-16(10-9-14(17)13-21-18)25-15-7-5-4-6-8-15/h9-10,12-13,23H,2-8,11H2,1H3;9-10,12-13,15,22H,2-8,11H2,1H3. The number of rotatable bonds is 12. The van der Waals surface area contributed by atoms with Crippen LogP contribution >= 0.6 is 15.9 Å². The van der Waals surface area contributed by atoms with Crippen molar-refractivity contribution in [1.29, 1.82) is 0 Å². The van der Waals surface area contributed by atoms with Crippen LogP contribution < -0.4 is 9.47 Å². The molecule has 2 aliphatic carbocycles. The average Bonchev–Trinajstić information content (AvgIpc) is 3.14. The van der Waals surface area contributed by atoms with Crippen LogP contribution in [0.5, 0.6) is 23.0 Å². The molecule has 2 fully saturated rings. The maximum atomic E-state index is 12.2. The molecule has 2 N–H and O–H groups in total. The van der Waals surface area contributed by atoms with Gasteiger partial charge in [-0.1, -0.05) is 39.5 Å². The second-order valence-electron chi connectivity index (χ2n) is 13.2. The number of hydrogen-bond donors (Lipinski definition) is 2. The highest BCUT2D eigenvalue weighted by Crippen LogP contribution is 2.36. The minimum absolute atomic E-state index is 0.0431. The Morgan fingerprint density at radius 1 is 0.706 bits per heavy atom. The molecule has 6 rings (SSSR count). The van der Waals surface area contributed by atoms with Gasteiger partial charge >= 0.3 is 11.9 Å². The first-order valence-corrected chi connectivity index (χ1v) is 19.2. The van der Waals surface area contributed by atoms with Gasteiger partial charge in [-0.05, 0) is 117 Å². The summed E-state index contributed by atoms with van der Waals surface area (Å²) in [5.41, 5.74) is -0.117. The molecule has 51 heavy (non-hydrogen) atoms. The molecule has 0 aliphatic heterocycles. The van der Waals surface area contributed by atoms with E-state index in [0.29, 0.717) is 40.1 Å². The molecule has 2 aromatic heterocycles. The highest BCUT2D eigenvalue weighted by molar-refractivity contribution is 9.10. The number of carbonyl (C=O) groups is 2. The van der Waals surface area contributed by atoms with Gasteiger partial charge in [-0.25, -0.2) is 19.6 Å². The zero-order valence-electron chi connectivity index (χ0n) is 29.6. The van der Waals surface area contributed by atoms with Crippen LogP contribution in [0.1, 0.15) is 125 Å². The molecule has 2 aliphatic rings. The fourth-order valence-electron chi connectivity index (χ4n) is 6.36. The van der Waals surface area contributed by atoms with Crippen LogP contribution in [0.2, 0.25) is 0 Å². The first-order chi connectivity index (χ1) is 24.8. The fraction of sp³-hybridized carbons (Fsp3) is 0.500. The first-order valence-electron chi connectivity index (χ1n) is 18.4. The number of halogens is 1. The van der Waals surface area contributed by atoms with E-state index in [1.807, 2.05) is 38.1 Å². The van der Waals surface area contributed by atoms with Gasteiger partial charge in [-0.15, -0.1) is 0 Å². The summed E-state index contributed by atoms with van der Waals surface area (Å²) >= 11 is 3.38. The number of benzene rings is 2. The van der Waals surface area contributed by atoms with Crippen molar-refractivity contribution in [1.82, 2.24) is 9.97 Å². The van der Waals surface area contributed by atoms with E-state index in [4.69, 9.17) is 18.9 Å². The van der Waals surface area contributed by atoms with E-state index < -0.39 is 11.9 Å². The number of nitrogens with zero attached hydrogens (tertiary/aromatic N) is 2. The third-order valence-electron chi connectivity index (χ3n) is 9.30. The predicted octanol–water partition coefficient (Wildman–Crippen LogP) is 9.98. The third kappa shape index (κ3) is 10.2. The molecule has 4 aromatic rings. The van der Waals surface area contributed by atoms with Crippen molar-refractivity contribution in [3.63, 3.8) is 0 Å². The number of hydrogen-bond acceptors (Lipinski definition) is 10. The van der Waals surface area contributed by atoms with Gasteiger partial charge in [0.1, 0.15) is 16.1 Å². The first kappa shape index (κ1) is 38.1. The Hall–Kier alpha value is -4.12. The lowest BCUT2D eigenvalue weighted by atomic mass is 9.98. The fourth-order valence-corrected chi connectivity index (χ4v) is 6.88. The lowest BCUT2D eigenvalue weighted by Gasteiger charge is -2.23. The van der Waals surface area contributed by atoms with Crippen LogP contribution in [0, 0.1) is 0 Å². The number of ether oxygens (including phenoxy) is 4. The second kappa shape index (κ2) is 18.9. The number of fused-ring (bicyclic) bond motifs is 2. The second-order valence-corrected chi connectivity index (χ2v) is 14.0. The van der Waals surface area contributed by atoms with Gasteiger partial charge in [0.2, 0.25) is 0 Å². The summed E-state index contributed by atoms with van der Waals surface area (Å²) in [4.78, 5) is 32.6. The van der Waals surface area contributed by atoms with Crippen molar-refractivity contribution in [3.05, 3.63) is 58.6 Å². The third-order valence-corrected chi connectivity index (χ3v) is 9.90. The van der Waals surface area contributed by atoms with Crippen LogP contribution in [-0.2, 0) is 9.47 Å². The van der Waals surface area contributed by atoms with Gasteiger partial charge in [0.25, 0.3) is 0 Å². The van der Waals surface area contributed by atoms with Gasteiger partial charge in [0, 0.05) is 27.7 Å². The molecule has 0 bridgehead atoms. The zero-order valence-corrected chi connectivity index (χ0v) is 31.2. The van der Waals surface area contributed by atoms with Crippen molar-refractivity contribution in [2.45, 2.75) is 116 Å². The molecule has 0 amide bonds. The monoisotopic (exact) mass is 764 g/mol. The van der Waals surface area contributed by atoms with E-state index in [0.717, 1.165) is 62.1 Å². The molecule has 0 unspecified atom stereocenters. The normalized spacial score (nSPS) is 15.2. The average molecular weight is 766 g/mol. The molecular weight excluding hydrogens is 716 g/mol. The summed E-state index contributed by atoms with van der Waals surface area (Å²) in [6.45, 7) is 4.69. The molecule has 0 saturated heterocycles. The largest absolute Gasteiger partial charge is 0.505 e.